The zero-order valence-corrected chi connectivity index (χ0v) is 14.0. The number of hydrogen-bond acceptors (Lipinski definition) is 3. The number of hydrogen-bond donors (Lipinski definition) is 2. The Labute approximate surface area is 156 Å². The summed E-state index contributed by atoms with van der Waals surface area (Å²) in [7, 11) is 0. The molecular weight excluding hydrogens is 381 g/mol. The average molecular weight is 393 g/mol. The lowest BCUT2D eigenvalue weighted by Gasteiger charge is -2.11. The minimum atomic E-state index is -4.48. The molecule has 1 heterocycles. The van der Waals surface area contributed by atoms with E-state index >= 15 is 0 Å². The van der Waals surface area contributed by atoms with Crippen LogP contribution in [0.2, 0.25) is 0 Å². The summed E-state index contributed by atoms with van der Waals surface area (Å²) in [5.41, 5.74) is -1.23. The molecule has 9 heteroatoms. The van der Waals surface area contributed by atoms with Crippen LogP contribution in [0, 0.1) is 11.6 Å². The van der Waals surface area contributed by atoms with Gasteiger partial charge in [-0.3, -0.25) is 4.79 Å². The third-order valence-electron chi connectivity index (χ3n) is 3.69. The zero-order chi connectivity index (χ0) is 20.3. The van der Waals surface area contributed by atoms with E-state index in [9.17, 15) is 26.7 Å². The summed E-state index contributed by atoms with van der Waals surface area (Å²) in [5, 5.41) is 4.80. The van der Waals surface area contributed by atoms with Gasteiger partial charge in [0.25, 0.3) is 5.91 Å². The van der Waals surface area contributed by atoms with Crippen LogP contribution in [-0.2, 0) is 6.18 Å². The third-order valence-corrected chi connectivity index (χ3v) is 3.69. The first-order valence-corrected chi connectivity index (χ1v) is 7.90. The number of anilines is 3. The zero-order valence-electron chi connectivity index (χ0n) is 14.0. The van der Waals surface area contributed by atoms with E-state index in [1.54, 1.807) is 0 Å². The monoisotopic (exact) mass is 393 g/mol. The van der Waals surface area contributed by atoms with E-state index in [0.717, 1.165) is 36.5 Å². The number of nitrogens with one attached hydrogen (secondary N) is 2. The number of pyridine rings is 1. The molecule has 0 radical (unpaired) electrons. The van der Waals surface area contributed by atoms with E-state index < -0.39 is 35.0 Å². The van der Waals surface area contributed by atoms with Crippen LogP contribution < -0.4 is 10.6 Å². The molecule has 0 aliphatic heterocycles. The Kier molecular flexibility index (Phi) is 5.25. The number of halogens is 5. The van der Waals surface area contributed by atoms with Gasteiger partial charge in [0.2, 0.25) is 0 Å². The van der Waals surface area contributed by atoms with Crippen LogP contribution >= 0.6 is 0 Å². The average Bonchev–Trinajstić information content (AvgIpc) is 2.65. The minimum absolute atomic E-state index is 0.0113. The van der Waals surface area contributed by atoms with Gasteiger partial charge in [-0.2, -0.15) is 13.2 Å². The number of carbonyl (C=O) groups excluding carboxylic acids is 1. The molecule has 1 amide bonds. The summed E-state index contributed by atoms with van der Waals surface area (Å²) < 4.78 is 65.4. The number of carbonyl (C=O) groups is 1. The smallest absolute Gasteiger partial charge is 0.340 e. The highest BCUT2D eigenvalue weighted by Crippen LogP contribution is 2.31. The number of amides is 1. The fraction of sp³-hybridized carbons (Fsp3) is 0.0526. The second kappa shape index (κ2) is 7.63. The highest BCUT2D eigenvalue weighted by molar-refractivity contribution is 6.04. The van der Waals surface area contributed by atoms with Crippen molar-refractivity contribution < 1.29 is 26.7 Å². The molecule has 0 saturated carbocycles. The summed E-state index contributed by atoms with van der Waals surface area (Å²) in [6.45, 7) is 0. The summed E-state index contributed by atoms with van der Waals surface area (Å²) in [6.07, 6.45) is -3.35. The highest BCUT2D eigenvalue weighted by atomic mass is 19.4. The summed E-state index contributed by atoms with van der Waals surface area (Å²) in [6, 6.07) is 10.4. The van der Waals surface area contributed by atoms with Gasteiger partial charge in [-0.15, -0.1) is 0 Å². The molecule has 144 valence electrons. The van der Waals surface area contributed by atoms with Gasteiger partial charge in [0.15, 0.2) is 0 Å². The van der Waals surface area contributed by atoms with E-state index in [-0.39, 0.29) is 17.1 Å². The predicted molar refractivity (Wildman–Crippen MR) is 93.3 cm³/mol. The Morgan fingerprint density at radius 1 is 0.929 bits per heavy atom. The maximum absolute atomic E-state index is 13.6. The van der Waals surface area contributed by atoms with Gasteiger partial charge < -0.3 is 10.6 Å². The molecular formula is C19H12F5N3O. The largest absolute Gasteiger partial charge is 0.416 e. The van der Waals surface area contributed by atoms with Crippen molar-refractivity contribution in [3.05, 3.63) is 83.6 Å². The van der Waals surface area contributed by atoms with Crippen molar-refractivity contribution in [3.63, 3.8) is 0 Å². The molecule has 0 saturated heterocycles. The molecule has 0 aliphatic carbocycles. The SMILES string of the molecule is O=C(Nc1c(F)cccc1F)c1ccc(Nc2cccc(C(F)(F)F)c2)nc1. The van der Waals surface area contributed by atoms with Crippen molar-refractivity contribution in [3.8, 4) is 0 Å². The van der Waals surface area contributed by atoms with E-state index in [0.29, 0.717) is 0 Å². The molecule has 3 aromatic rings. The lowest BCUT2D eigenvalue weighted by atomic mass is 10.2. The summed E-state index contributed by atoms with van der Waals surface area (Å²) >= 11 is 0. The van der Waals surface area contributed by atoms with Crippen LogP contribution in [0.4, 0.5) is 39.1 Å². The lowest BCUT2D eigenvalue weighted by molar-refractivity contribution is -0.137. The Hall–Kier alpha value is -3.49. The Morgan fingerprint density at radius 3 is 2.21 bits per heavy atom. The molecule has 2 aromatic carbocycles. The number of benzene rings is 2. The van der Waals surface area contributed by atoms with Gasteiger partial charge in [-0.1, -0.05) is 12.1 Å². The predicted octanol–water partition coefficient (Wildman–Crippen LogP) is 5.37. The molecule has 28 heavy (non-hydrogen) atoms. The van der Waals surface area contributed by atoms with Gasteiger partial charge in [0.05, 0.1) is 11.1 Å². The molecule has 3 rings (SSSR count). The van der Waals surface area contributed by atoms with Gasteiger partial charge >= 0.3 is 6.18 Å². The normalized spacial score (nSPS) is 11.2. The maximum atomic E-state index is 13.6. The maximum Gasteiger partial charge on any atom is 0.416 e. The van der Waals surface area contributed by atoms with Crippen LogP contribution in [0.3, 0.4) is 0 Å². The fourth-order valence-corrected chi connectivity index (χ4v) is 2.33. The number of rotatable bonds is 4. The Bertz CT molecular complexity index is 983. The van der Waals surface area contributed by atoms with Crippen LogP contribution in [-0.4, -0.2) is 10.9 Å². The van der Waals surface area contributed by atoms with Crippen molar-refractivity contribution in [2.45, 2.75) is 6.18 Å². The summed E-state index contributed by atoms with van der Waals surface area (Å²) in [4.78, 5) is 16.0. The van der Waals surface area contributed by atoms with Crippen molar-refractivity contribution in [2.75, 3.05) is 10.6 Å². The quantitative estimate of drug-likeness (QED) is 0.586. The molecule has 0 unspecified atom stereocenters. The first-order chi connectivity index (χ1) is 13.2. The van der Waals surface area contributed by atoms with E-state index in [1.807, 2.05) is 0 Å². The van der Waals surface area contributed by atoms with Crippen LogP contribution in [0.1, 0.15) is 15.9 Å². The van der Waals surface area contributed by atoms with Crippen LogP contribution in [0.25, 0.3) is 0 Å². The standard InChI is InChI=1S/C19H12F5N3O/c20-14-5-2-6-15(21)17(14)27-18(28)11-7-8-16(25-10-11)26-13-4-1-3-12(9-13)19(22,23)24/h1-10H,(H,25,26)(H,27,28). The third kappa shape index (κ3) is 4.43. The van der Waals surface area contributed by atoms with E-state index in [1.165, 1.54) is 24.3 Å². The number of nitrogens with zero attached hydrogens (tertiary/aromatic N) is 1. The molecule has 0 bridgehead atoms. The van der Waals surface area contributed by atoms with Gasteiger partial charge in [-0.25, -0.2) is 13.8 Å². The molecule has 0 fully saturated rings. The van der Waals surface area contributed by atoms with E-state index in [4.69, 9.17) is 0 Å². The topological polar surface area (TPSA) is 54.0 Å². The molecule has 4 nitrogen and oxygen atoms in total. The van der Waals surface area contributed by atoms with Crippen LogP contribution in [0.15, 0.2) is 60.8 Å². The first-order valence-electron chi connectivity index (χ1n) is 7.90. The van der Waals surface area contributed by atoms with Crippen molar-refractivity contribution in [1.82, 2.24) is 4.98 Å². The second-order valence-electron chi connectivity index (χ2n) is 5.69. The molecule has 0 atom stereocenters. The van der Waals surface area contributed by atoms with Crippen molar-refractivity contribution in [1.29, 1.82) is 0 Å². The summed E-state index contributed by atoms with van der Waals surface area (Å²) in [5.74, 6) is -2.46. The minimum Gasteiger partial charge on any atom is -0.340 e. The molecule has 1 aromatic heterocycles. The van der Waals surface area contributed by atoms with Gasteiger partial charge in [0.1, 0.15) is 23.1 Å². The Morgan fingerprint density at radius 2 is 1.61 bits per heavy atom. The molecule has 0 spiro atoms. The van der Waals surface area contributed by atoms with E-state index in [2.05, 4.69) is 15.6 Å². The molecule has 0 aliphatic rings. The van der Waals surface area contributed by atoms with Gasteiger partial charge in [0, 0.05) is 11.9 Å². The first kappa shape index (κ1) is 19.3. The number of aromatic nitrogens is 1. The second-order valence-corrected chi connectivity index (χ2v) is 5.69. The fourth-order valence-electron chi connectivity index (χ4n) is 2.33. The van der Waals surface area contributed by atoms with Crippen molar-refractivity contribution in [2.24, 2.45) is 0 Å². The number of para-hydroxylation sites is 1. The molecule has 2 N–H and O–H groups in total. The lowest BCUT2D eigenvalue weighted by Crippen LogP contribution is -2.14. The van der Waals surface area contributed by atoms with Gasteiger partial charge in [-0.05, 0) is 42.5 Å². The van der Waals surface area contributed by atoms with Crippen LogP contribution in [0.5, 0.6) is 0 Å². The highest BCUT2D eigenvalue weighted by Gasteiger charge is 2.30. The van der Waals surface area contributed by atoms with Crippen molar-refractivity contribution >= 4 is 23.1 Å². The Balaban J connectivity index is 1.72. The number of alkyl halides is 3.